The first-order chi connectivity index (χ1) is 31.2. The highest BCUT2D eigenvalue weighted by Gasteiger charge is 2.51. The molecule has 1 saturated heterocycles. The van der Waals surface area contributed by atoms with E-state index >= 15 is 4.39 Å². The number of imidazole rings is 1. The molecule has 7 aromatic rings. The molecule has 4 aromatic heterocycles. The summed E-state index contributed by atoms with van der Waals surface area (Å²) in [6.07, 6.45) is 5.01. The zero-order valence-electron chi connectivity index (χ0n) is 37.0. The largest absolute Gasteiger partial charge is 0.481 e. The molecule has 330 valence electrons. The number of amides is 1. The highest BCUT2D eigenvalue weighted by atomic mass is 19.1. The molecule has 0 unspecified atom stereocenters. The molecule has 14 heteroatoms. The van der Waals surface area contributed by atoms with Crippen molar-refractivity contribution in [3.8, 4) is 23.1 Å². The maximum Gasteiger partial charge on any atom is 0.335 e. The van der Waals surface area contributed by atoms with Gasteiger partial charge in [0, 0.05) is 66.2 Å². The van der Waals surface area contributed by atoms with Crippen LogP contribution in [0, 0.1) is 29.5 Å². The van der Waals surface area contributed by atoms with Crippen LogP contribution in [-0.2, 0) is 29.7 Å². The second-order valence-corrected chi connectivity index (χ2v) is 19.2. The molecule has 2 fully saturated rings. The molecule has 1 N–H and O–H groups in total. The van der Waals surface area contributed by atoms with Gasteiger partial charge in [-0.3, -0.25) is 18.7 Å². The van der Waals surface area contributed by atoms with E-state index in [-0.39, 0.29) is 35.2 Å². The van der Waals surface area contributed by atoms with Gasteiger partial charge in [-0.2, -0.15) is 5.26 Å². The number of carboxylic acids is 1. The lowest BCUT2D eigenvalue weighted by atomic mass is 9.94. The summed E-state index contributed by atoms with van der Waals surface area (Å²) in [5.41, 5.74) is 6.53. The third kappa shape index (κ3) is 7.47. The maximum atomic E-state index is 15.2. The number of rotatable bonds is 9. The standard InChI is InChI=1S/C51H50FN9O4/c1-31-43-46(56-44(55-31)34-7-5-8-36(26-34)51(19-20-51)48(63)64)61(38-16-22-57(23-17-38)30-50(2,3)4)49(65)60(43)37-14-12-33(13-15-37)47(62)58-24-18-39-40-9-6-21-54-45(40)59(42(39)29-58)28-35-11-10-32(27-53)25-41(35)52/h5-15,21,25-26,38H,16-20,22-24,28-30H2,1-4H3,(H,63,64). The number of carbonyl (C=O) groups is 2. The molecule has 3 aromatic carbocycles. The topological polar surface area (TPSA) is 155 Å². The highest BCUT2D eigenvalue weighted by Crippen LogP contribution is 2.49. The van der Waals surface area contributed by atoms with Crippen LogP contribution in [0.1, 0.15) is 96.5 Å². The minimum absolute atomic E-state index is 0.109. The Morgan fingerprint density at radius 3 is 2.42 bits per heavy atom. The van der Waals surface area contributed by atoms with Crippen LogP contribution in [0.3, 0.4) is 0 Å². The number of pyridine rings is 1. The minimum atomic E-state index is -0.891. The molecule has 1 saturated carbocycles. The lowest BCUT2D eigenvalue weighted by Crippen LogP contribution is -2.41. The number of piperidine rings is 1. The van der Waals surface area contributed by atoms with Gasteiger partial charge in [-0.1, -0.05) is 45.0 Å². The fraction of sp³-hybridized carbons (Fsp3) is 0.353. The van der Waals surface area contributed by atoms with Gasteiger partial charge in [0.1, 0.15) is 17.0 Å². The summed E-state index contributed by atoms with van der Waals surface area (Å²) in [4.78, 5) is 60.4. The fourth-order valence-electron chi connectivity index (χ4n) is 10.1. The first-order valence-electron chi connectivity index (χ1n) is 22.3. The molecule has 1 aliphatic carbocycles. The normalized spacial score (nSPS) is 16.5. The zero-order chi connectivity index (χ0) is 45.4. The maximum absolute atomic E-state index is 15.2. The van der Waals surface area contributed by atoms with Crippen molar-refractivity contribution in [2.75, 3.05) is 26.2 Å². The number of aliphatic carboxylic acids is 1. The Kier molecular flexibility index (Phi) is 10.3. The molecule has 10 rings (SSSR count). The van der Waals surface area contributed by atoms with Crippen LogP contribution >= 0.6 is 0 Å². The third-order valence-corrected chi connectivity index (χ3v) is 13.5. The van der Waals surface area contributed by atoms with Gasteiger partial charge in [0.05, 0.1) is 41.5 Å². The fourth-order valence-corrected chi connectivity index (χ4v) is 10.1. The predicted molar refractivity (Wildman–Crippen MR) is 244 cm³/mol. The van der Waals surface area contributed by atoms with Crippen molar-refractivity contribution in [2.45, 2.75) is 84.3 Å². The molecule has 0 spiro atoms. The van der Waals surface area contributed by atoms with E-state index in [1.54, 1.807) is 52.1 Å². The number of fused-ring (bicyclic) bond motifs is 4. The van der Waals surface area contributed by atoms with Gasteiger partial charge in [-0.05, 0) is 110 Å². The van der Waals surface area contributed by atoms with E-state index in [2.05, 4.69) is 30.7 Å². The van der Waals surface area contributed by atoms with Crippen LogP contribution in [0.15, 0.2) is 89.9 Å². The summed E-state index contributed by atoms with van der Waals surface area (Å²) < 4.78 is 20.7. The van der Waals surface area contributed by atoms with Gasteiger partial charge in [-0.25, -0.2) is 24.1 Å². The van der Waals surface area contributed by atoms with Crippen molar-refractivity contribution < 1.29 is 19.1 Å². The number of hydrogen-bond acceptors (Lipinski definition) is 8. The van der Waals surface area contributed by atoms with Crippen LogP contribution in [-0.4, -0.2) is 81.6 Å². The van der Waals surface area contributed by atoms with Crippen LogP contribution in [0.2, 0.25) is 0 Å². The summed E-state index contributed by atoms with van der Waals surface area (Å²) >= 11 is 0. The number of hydrogen-bond donors (Lipinski definition) is 1. The highest BCUT2D eigenvalue weighted by molar-refractivity contribution is 5.95. The van der Waals surface area contributed by atoms with Gasteiger partial charge >= 0.3 is 11.7 Å². The first kappa shape index (κ1) is 42.0. The van der Waals surface area contributed by atoms with Gasteiger partial charge < -0.3 is 19.5 Å². The summed E-state index contributed by atoms with van der Waals surface area (Å²) in [6, 6.07) is 24.8. The van der Waals surface area contributed by atoms with Crippen LogP contribution < -0.4 is 5.69 Å². The van der Waals surface area contributed by atoms with Gasteiger partial charge in [-0.15, -0.1) is 0 Å². The van der Waals surface area contributed by atoms with Crippen LogP contribution in [0.5, 0.6) is 0 Å². The molecule has 1 amide bonds. The second kappa shape index (κ2) is 15.9. The number of nitrogens with zero attached hydrogens (tertiary/aromatic N) is 9. The Bertz CT molecular complexity index is 3160. The number of likely N-dealkylation sites (tertiary alicyclic amines) is 1. The molecule has 0 radical (unpaired) electrons. The molecule has 13 nitrogen and oxygen atoms in total. The quantitative estimate of drug-likeness (QED) is 0.152. The molecular weight excluding hydrogens is 822 g/mol. The van der Waals surface area contributed by atoms with E-state index in [0.29, 0.717) is 83.1 Å². The molecule has 6 heterocycles. The van der Waals surface area contributed by atoms with E-state index in [1.165, 1.54) is 6.07 Å². The number of nitriles is 1. The van der Waals surface area contributed by atoms with Crippen LogP contribution in [0.25, 0.3) is 39.3 Å². The van der Waals surface area contributed by atoms with Crippen molar-refractivity contribution in [2.24, 2.45) is 5.41 Å². The van der Waals surface area contributed by atoms with Crippen molar-refractivity contribution in [1.29, 1.82) is 5.26 Å². The van der Waals surface area contributed by atoms with Crippen LogP contribution in [0.4, 0.5) is 4.39 Å². The van der Waals surface area contributed by atoms with Crippen molar-refractivity contribution in [1.82, 2.24) is 38.5 Å². The minimum Gasteiger partial charge on any atom is -0.481 e. The molecule has 3 aliphatic rings. The molecule has 65 heavy (non-hydrogen) atoms. The van der Waals surface area contributed by atoms with Crippen molar-refractivity contribution in [3.63, 3.8) is 0 Å². The summed E-state index contributed by atoms with van der Waals surface area (Å²) in [5, 5.41) is 20.3. The summed E-state index contributed by atoms with van der Waals surface area (Å²) in [7, 11) is 0. The Balaban J connectivity index is 0.984. The Morgan fingerprint density at radius 2 is 1.72 bits per heavy atom. The molecule has 2 aliphatic heterocycles. The van der Waals surface area contributed by atoms with E-state index in [0.717, 1.165) is 54.7 Å². The molecular formula is C51H50FN9O4. The average molecular weight is 872 g/mol. The first-order valence-corrected chi connectivity index (χ1v) is 22.3. The summed E-state index contributed by atoms with van der Waals surface area (Å²) in [6.45, 7) is 12.2. The zero-order valence-corrected chi connectivity index (χ0v) is 37.0. The number of benzene rings is 3. The number of carbonyl (C=O) groups excluding carboxylic acids is 1. The number of carboxylic acid groups (broad SMARTS) is 1. The SMILES string of the molecule is Cc1nc(-c2cccc(C3(C(=O)O)CC3)c2)nc2c1n(-c1ccc(C(=O)N3CCc4c(n(Cc5ccc(C#N)cc5F)c5ncccc45)C3)cc1)c(=O)n2C1CCN(CC(C)(C)C)CC1. The Morgan fingerprint density at radius 1 is 0.954 bits per heavy atom. The number of aryl methyl sites for hydroxylation is 1. The molecule has 0 atom stereocenters. The smallest absolute Gasteiger partial charge is 0.335 e. The van der Waals surface area contributed by atoms with E-state index in [4.69, 9.17) is 9.97 Å². The average Bonchev–Trinajstić information content (AvgIpc) is 4.00. The Labute approximate surface area is 375 Å². The number of halogens is 1. The van der Waals surface area contributed by atoms with Crippen molar-refractivity contribution in [3.05, 3.63) is 141 Å². The lowest BCUT2D eigenvalue weighted by molar-refractivity contribution is -0.140. The van der Waals surface area contributed by atoms with Gasteiger partial charge in [0.15, 0.2) is 11.5 Å². The third-order valence-electron chi connectivity index (χ3n) is 13.5. The monoisotopic (exact) mass is 871 g/mol. The van der Waals surface area contributed by atoms with E-state index in [9.17, 15) is 24.8 Å². The van der Waals surface area contributed by atoms with Gasteiger partial charge in [0.25, 0.3) is 5.91 Å². The van der Waals surface area contributed by atoms with E-state index < -0.39 is 17.2 Å². The summed E-state index contributed by atoms with van der Waals surface area (Å²) in [5.74, 6) is -1.05. The predicted octanol–water partition coefficient (Wildman–Crippen LogP) is 7.96. The van der Waals surface area contributed by atoms with Crippen molar-refractivity contribution >= 4 is 34.1 Å². The number of aromatic nitrogens is 6. The lowest BCUT2D eigenvalue weighted by Gasteiger charge is -2.36. The Hall–Kier alpha value is -6.98. The van der Waals surface area contributed by atoms with E-state index in [1.807, 2.05) is 58.5 Å². The van der Waals surface area contributed by atoms with Gasteiger partial charge in [0.2, 0.25) is 0 Å². The molecule has 0 bridgehead atoms. The second-order valence-electron chi connectivity index (χ2n) is 19.2.